The highest BCUT2D eigenvalue weighted by molar-refractivity contribution is 5.48. The van der Waals surface area contributed by atoms with Crippen molar-refractivity contribution in [2.24, 2.45) is 5.11 Å². The molecule has 0 saturated carbocycles. The van der Waals surface area contributed by atoms with Crippen molar-refractivity contribution < 1.29 is 9.84 Å². The van der Waals surface area contributed by atoms with Gasteiger partial charge in [-0.05, 0) is 37.0 Å². The molecule has 0 heterocycles. The summed E-state index contributed by atoms with van der Waals surface area (Å²) in [6.07, 6.45) is 22.5. The van der Waals surface area contributed by atoms with Crippen LogP contribution in [0.3, 0.4) is 0 Å². The minimum atomic E-state index is -0.267. The summed E-state index contributed by atoms with van der Waals surface area (Å²) in [5, 5.41) is 14.8. The molecule has 0 radical (unpaired) electrons. The van der Waals surface area contributed by atoms with Crippen molar-refractivity contribution in [2.75, 3.05) is 7.11 Å². The van der Waals surface area contributed by atoms with E-state index in [9.17, 15) is 5.11 Å². The number of benzene rings is 1. The molecule has 1 aliphatic rings. The first-order chi connectivity index (χ1) is 14.8. The van der Waals surface area contributed by atoms with Crippen LogP contribution < -0.4 is 4.74 Å². The maximum Gasteiger partial charge on any atom is 0.124 e. The van der Waals surface area contributed by atoms with Gasteiger partial charge < -0.3 is 9.84 Å². The lowest BCUT2D eigenvalue weighted by atomic mass is 9.94. The quantitative estimate of drug-likeness (QED) is 0.474. The Bertz CT molecular complexity index is 603. The summed E-state index contributed by atoms with van der Waals surface area (Å²) in [7, 11) is 1.67. The second-order valence-electron chi connectivity index (χ2n) is 9.06. The Hall–Kier alpha value is -1.58. The number of fused-ring (bicyclic) bond motifs is 2. The van der Waals surface area contributed by atoms with Crippen LogP contribution in [0.4, 0.5) is 0 Å². The van der Waals surface area contributed by atoms with Crippen LogP contribution in [0.1, 0.15) is 126 Å². The van der Waals surface area contributed by atoms with E-state index in [1.54, 1.807) is 7.11 Å². The smallest absolute Gasteiger partial charge is 0.124 e. The standard InChI is InChI=1S/C26H44N2O2/c1-30-23-20-22-18-16-14-12-10-8-6-4-2-3-5-7-9-11-13-15-17-19-25(28-27)24(21-23)26(22)29/h20-21,25,27,29H,2-19H2,1H3. The first-order valence-corrected chi connectivity index (χ1v) is 12.5. The normalized spacial score (nSPS) is 21.7. The van der Waals surface area contributed by atoms with Crippen LogP contribution in [0.25, 0.3) is 0 Å². The average molecular weight is 417 g/mol. The minimum absolute atomic E-state index is 0.267. The lowest BCUT2D eigenvalue weighted by Gasteiger charge is -2.17. The zero-order valence-corrected chi connectivity index (χ0v) is 19.3. The average Bonchev–Trinajstić information content (AvgIpc) is 2.76. The zero-order chi connectivity index (χ0) is 21.4. The van der Waals surface area contributed by atoms with Crippen LogP contribution in [0.5, 0.6) is 11.5 Å². The van der Waals surface area contributed by atoms with Gasteiger partial charge in [-0.2, -0.15) is 5.11 Å². The third-order valence-corrected chi connectivity index (χ3v) is 6.62. The van der Waals surface area contributed by atoms with E-state index in [4.69, 9.17) is 10.3 Å². The van der Waals surface area contributed by atoms with Crippen LogP contribution in [-0.2, 0) is 6.42 Å². The number of hydrogen-bond donors (Lipinski definition) is 2. The van der Waals surface area contributed by atoms with E-state index < -0.39 is 0 Å². The zero-order valence-electron chi connectivity index (χ0n) is 19.3. The van der Waals surface area contributed by atoms with Crippen molar-refractivity contribution in [1.82, 2.24) is 0 Å². The van der Waals surface area contributed by atoms with Gasteiger partial charge in [0.15, 0.2) is 0 Å². The molecule has 0 spiro atoms. The fourth-order valence-electron chi connectivity index (χ4n) is 4.67. The first-order valence-electron chi connectivity index (χ1n) is 12.5. The SMILES string of the molecule is COc1cc2c(O)c(c1)C(N=N)CCCCCCCCCCCCCCCCCC2. The third-order valence-electron chi connectivity index (χ3n) is 6.62. The van der Waals surface area contributed by atoms with E-state index in [1.807, 2.05) is 12.1 Å². The number of aromatic hydroxyl groups is 1. The predicted octanol–water partition coefficient (Wildman–Crippen LogP) is 8.66. The molecule has 1 aliphatic carbocycles. The largest absolute Gasteiger partial charge is 0.507 e. The molecule has 2 bridgehead atoms. The Morgan fingerprint density at radius 1 is 0.767 bits per heavy atom. The van der Waals surface area contributed by atoms with E-state index in [0.717, 1.165) is 42.6 Å². The molecule has 4 nitrogen and oxygen atoms in total. The number of nitrogens with one attached hydrogen (secondary N) is 1. The van der Waals surface area contributed by atoms with E-state index in [2.05, 4.69) is 5.11 Å². The molecule has 0 amide bonds. The molecule has 1 atom stereocenters. The molecule has 1 aromatic carbocycles. The number of rotatable bonds is 2. The third kappa shape index (κ3) is 9.06. The van der Waals surface area contributed by atoms with Crippen molar-refractivity contribution in [1.29, 1.82) is 5.53 Å². The Labute approximate surface area is 184 Å². The second-order valence-corrected chi connectivity index (χ2v) is 9.06. The topological polar surface area (TPSA) is 65.7 Å². The number of nitrogens with zero attached hydrogens (tertiary/aromatic N) is 1. The monoisotopic (exact) mass is 416 g/mol. The van der Waals surface area contributed by atoms with E-state index >= 15 is 0 Å². The summed E-state index contributed by atoms with van der Waals surface area (Å²) in [5.74, 6) is 1.10. The van der Waals surface area contributed by atoms with E-state index in [0.29, 0.717) is 5.75 Å². The van der Waals surface area contributed by atoms with Gasteiger partial charge in [0.2, 0.25) is 0 Å². The van der Waals surface area contributed by atoms with Gasteiger partial charge in [-0.25, -0.2) is 5.53 Å². The summed E-state index contributed by atoms with van der Waals surface area (Å²) in [4.78, 5) is 0. The molecule has 0 saturated heterocycles. The fourth-order valence-corrected chi connectivity index (χ4v) is 4.67. The second kappa shape index (κ2) is 15.3. The summed E-state index contributed by atoms with van der Waals surface area (Å²) < 4.78 is 5.49. The van der Waals surface area contributed by atoms with Crippen LogP contribution >= 0.6 is 0 Å². The Kier molecular flexibility index (Phi) is 12.6. The highest BCUT2D eigenvalue weighted by atomic mass is 16.5. The van der Waals surface area contributed by atoms with Crippen molar-refractivity contribution in [2.45, 2.75) is 122 Å². The molecule has 0 aromatic heterocycles. The summed E-state index contributed by atoms with van der Waals surface area (Å²) in [5.41, 5.74) is 9.41. The van der Waals surface area contributed by atoms with Crippen LogP contribution in [-0.4, -0.2) is 12.2 Å². The molecule has 0 aliphatic heterocycles. The van der Waals surface area contributed by atoms with E-state index in [1.165, 1.54) is 89.9 Å². The molecule has 1 unspecified atom stereocenters. The molecular formula is C26H44N2O2. The van der Waals surface area contributed by atoms with Gasteiger partial charge >= 0.3 is 0 Å². The van der Waals surface area contributed by atoms with Crippen molar-refractivity contribution >= 4 is 0 Å². The van der Waals surface area contributed by atoms with Crippen molar-refractivity contribution in [3.8, 4) is 11.5 Å². The molecular weight excluding hydrogens is 372 g/mol. The Morgan fingerprint density at radius 2 is 1.23 bits per heavy atom. The number of aryl methyl sites for hydroxylation is 1. The van der Waals surface area contributed by atoms with Gasteiger partial charge in [-0.1, -0.05) is 96.3 Å². The molecule has 2 N–H and O–H groups in total. The lowest BCUT2D eigenvalue weighted by molar-refractivity contribution is 0.404. The van der Waals surface area contributed by atoms with Crippen molar-refractivity contribution in [3.05, 3.63) is 23.3 Å². The number of phenolic OH excluding ortho intramolecular Hbond substituents is 1. The summed E-state index contributed by atoms with van der Waals surface area (Å²) >= 11 is 0. The lowest BCUT2D eigenvalue weighted by Crippen LogP contribution is -2.00. The maximum absolute atomic E-state index is 10.9. The number of ether oxygens (including phenoxy) is 1. The van der Waals surface area contributed by atoms with Gasteiger partial charge in [0, 0.05) is 5.56 Å². The molecule has 2 rings (SSSR count). The highest BCUT2D eigenvalue weighted by Gasteiger charge is 2.19. The maximum atomic E-state index is 10.9. The van der Waals surface area contributed by atoms with Gasteiger partial charge in [0.05, 0.1) is 13.2 Å². The highest BCUT2D eigenvalue weighted by Crippen LogP contribution is 2.37. The first kappa shape index (κ1) is 24.7. The summed E-state index contributed by atoms with van der Waals surface area (Å²) in [6.45, 7) is 0. The van der Waals surface area contributed by atoms with Gasteiger partial charge in [0.1, 0.15) is 11.5 Å². The minimum Gasteiger partial charge on any atom is -0.507 e. The Balaban J connectivity index is 2.00. The summed E-state index contributed by atoms with van der Waals surface area (Å²) in [6, 6.07) is 3.56. The van der Waals surface area contributed by atoms with Crippen LogP contribution in [0.15, 0.2) is 17.2 Å². The molecule has 1 aromatic rings. The Morgan fingerprint density at radius 3 is 1.70 bits per heavy atom. The fraction of sp³-hybridized carbons (Fsp3) is 0.769. The van der Waals surface area contributed by atoms with Crippen molar-refractivity contribution in [3.63, 3.8) is 0 Å². The number of phenols is 1. The number of hydrogen-bond acceptors (Lipinski definition) is 4. The number of methoxy groups -OCH3 is 1. The van der Waals surface area contributed by atoms with E-state index in [-0.39, 0.29) is 6.04 Å². The molecule has 170 valence electrons. The molecule has 4 heteroatoms. The predicted molar refractivity (Wildman–Crippen MR) is 125 cm³/mol. The van der Waals surface area contributed by atoms with Gasteiger partial charge in [-0.15, -0.1) is 0 Å². The van der Waals surface area contributed by atoms with Gasteiger partial charge in [-0.3, -0.25) is 0 Å². The van der Waals surface area contributed by atoms with Crippen LogP contribution in [0.2, 0.25) is 0 Å². The molecule has 0 fully saturated rings. The van der Waals surface area contributed by atoms with Crippen LogP contribution in [0, 0.1) is 5.53 Å². The van der Waals surface area contributed by atoms with Gasteiger partial charge in [0.25, 0.3) is 0 Å². The molecule has 30 heavy (non-hydrogen) atoms.